The van der Waals surface area contributed by atoms with Crippen LogP contribution in [0.5, 0.6) is 0 Å². The Morgan fingerprint density at radius 2 is 1.68 bits per heavy atom. The molecule has 0 saturated carbocycles. The quantitative estimate of drug-likeness (QED) is 0.886. The molecule has 0 spiro atoms. The summed E-state index contributed by atoms with van der Waals surface area (Å²) in [6.07, 6.45) is 0. The molecular weight excluding hydrogens is 281 g/mol. The highest BCUT2D eigenvalue weighted by Crippen LogP contribution is 2.28. The van der Waals surface area contributed by atoms with E-state index in [-0.39, 0.29) is 0 Å². The number of anilines is 2. The largest absolute Gasteiger partial charge is 0.354 e. The fourth-order valence-electron chi connectivity index (χ4n) is 1.53. The molecular formula is C14H7Cl2N3. The van der Waals surface area contributed by atoms with Crippen LogP contribution in [0.4, 0.5) is 11.4 Å². The number of nitrogens with one attached hydrogen (secondary N) is 1. The van der Waals surface area contributed by atoms with Gasteiger partial charge >= 0.3 is 0 Å². The van der Waals surface area contributed by atoms with Gasteiger partial charge in [-0.3, -0.25) is 0 Å². The minimum atomic E-state index is 0.361. The second kappa shape index (κ2) is 5.63. The molecule has 19 heavy (non-hydrogen) atoms. The number of rotatable bonds is 2. The summed E-state index contributed by atoms with van der Waals surface area (Å²) in [5.74, 6) is 0. The van der Waals surface area contributed by atoms with Crippen molar-refractivity contribution in [2.75, 3.05) is 5.32 Å². The molecule has 2 aromatic rings. The van der Waals surface area contributed by atoms with E-state index >= 15 is 0 Å². The Morgan fingerprint density at radius 1 is 0.895 bits per heavy atom. The molecule has 3 nitrogen and oxygen atoms in total. The van der Waals surface area contributed by atoms with Crippen LogP contribution in [-0.2, 0) is 0 Å². The summed E-state index contributed by atoms with van der Waals surface area (Å²) in [5.41, 5.74) is 2.22. The predicted molar refractivity (Wildman–Crippen MR) is 75.6 cm³/mol. The maximum Gasteiger partial charge on any atom is 0.101 e. The molecule has 0 heterocycles. The van der Waals surface area contributed by atoms with Gasteiger partial charge in [0, 0.05) is 5.69 Å². The molecule has 0 atom stereocenters. The van der Waals surface area contributed by atoms with Crippen LogP contribution in [0, 0.1) is 22.7 Å². The van der Waals surface area contributed by atoms with Gasteiger partial charge < -0.3 is 5.32 Å². The third-order valence-electron chi connectivity index (χ3n) is 2.46. The molecule has 0 aliphatic carbocycles. The SMILES string of the molecule is N#Cc1ccc(Cl)c(Nc2ccc(C#N)c(Cl)c2)c1. The van der Waals surface area contributed by atoms with Crippen molar-refractivity contribution in [2.24, 2.45) is 0 Å². The third-order valence-corrected chi connectivity index (χ3v) is 3.11. The van der Waals surface area contributed by atoms with E-state index < -0.39 is 0 Å². The van der Waals surface area contributed by atoms with Crippen molar-refractivity contribution in [2.45, 2.75) is 0 Å². The van der Waals surface area contributed by atoms with E-state index in [2.05, 4.69) is 5.32 Å². The maximum atomic E-state index is 8.85. The number of nitriles is 2. The van der Waals surface area contributed by atoms with Gasteiger partial charge in [0.2, 0.25) is 0 Å². The lowest BCUT2D eigenvalue weighted by molar-refractivity contribution is 1.46. The van der Waals surface area contributed by atoms with Crippen LogP contribution in [0.15, 0.2) is 36.4 Å². The molecule has 0 aliphatic rings. The van der Waals surface area contributed by atoms with E-state index in [0.717, 1.165) is 0 Å². The van der Waals surface area contributed by atoms with Crippen LogP contribution in [-0.4, -0.2) is 0 Å². The van der Waals surface area contributed by atoms with E-state index in [1.54, 1.807) is 36.4 Å². The van der Waals surface area contributed by atoms with Crippen molar-refractivity contribution in [3.05, 3.63) is 57.6 Å². The second-order valence-electron chi connectivity index (χ2n) is 3.74. The second-order valence-corrected chi connectivity index (χ2v) is 4.55. The van der Waals surface area contributed by atoms with Crippen LogP contribution < -0.4 is 5.32 Å². The third kappa shape index (κ3) is 2.98. The monoisotopic (exact) mass is 287 g/mol. The van der Waals surface area contributed by atoms with Crippen LogP contribution in [0.25, 0.3) is 0 Å². The van der Waals surface area contributed by atoms with Gasteiger partial charge in [0.05, 0.1) is 32.9 Å². The Kier molecular flexibility index (Phi) is 3.92. The average molecular weight is 288 g/mol. The molecule has 0 radical (unpaired) electrons. The van der Waals surface area contributed by atoms with Gasteiger partial charge in [-0.25, -0.2) is 0 Å². The Bertz CT molecular complexity index is 712. The molecule has 92 valence electrons. The standard InChI is InChI=1S/C14H7Cl2N3/c15-12-4-1-9(7-17)5-14(12)19-11-3-2-10(8-18)13(16)6-11/h1-6,19H. The number of hydrogen-bond acceptors (Lipinski definition) is 3. The first kappa shape index (κ1) is 13.2. The summed E-state index contributed by atoms with van der Waals surface area (Å²) >= 11 is 12.0. The molecule has 0 aromatic heterocycles. The number of halogens is 2. The van der Waals surface area contributed by atoms with Crippen molar-refractivity contribution in [1.29, 1.82) is 10.5 Å². The topological polar surface area (TPSA) is 59.6 Å². The van der Waals surface area contributed by atoms with E-state index in [9.17, 15) is 0 Å². The summed E-state index contributed by atoms with van der Waals surface area (Å²) in [7, 11) is 0. The van der Waals surface area contributed by atoms with Crippen LogP contribution >= 0.6 is 23.2 Å². The first-order valence-corrected chi connectivity index (χ1v) is 6.06. The molecule has 0 saturated heterocycles. The minimum Gasteiger partial charge on any atom is -0.354 e. The molecule has 0 amide bonds. The summed E-state index contributed by atoms with van der Waals surface area (Å²) in [5, 5.41) is 21.6. The molecule has 0 unspecified atom stereocenters. The van der Waals surface area contributed by atoms with Gasteiger partial charge in [-0.15, -0.1) is 0 Å². The van der Waals surface area contributed by atoms with E-state index in [0.29, 0.717) is 32.5 Å². The zero-order chi connectivity index (χ0) is 13.8. The van der Waals surface area contributed by atoms with Gasteiger partial charge in [0.1, 0.15) is 6.07 Å². The molecule has 5 heteroatoms. The lowest BCUT2D eigenvalue weighted by atomic mass is 10.2. The minimum absolute atomic E-state index is 0.361. The molecule has 2 rings (SSSR count). The molecule has 1 N–H and O–H groups in total. The summed E-state index contributed by atoms with van der Waals surface area (Å²) in [4.78, 5) is 0. The van der Waals surface area contributed by atoms with Gasteiger partial charge in [-0.2, -0.15) is 10.5 Å². The van der Waals surface area contributed by atoms with Crippen molar-refractivity contribution in [3.63, 3.8) is 0 Å². The number of nitrogens with zero attached hydrogens (tertiary/aromatic N) is 2. The number of benzene rings is 2. The summed E-state index contributed by atoms with van der Waals surface area (Å²) in [6, 6.07) is 13.9. The Labute approximate surface area is 120 Å². The summed E-state index contributed by atoms with van der Waals surface area (Å²) < 4.78 is 0. The first-order chi connectivity index (χ1) is 9.13. The lowest BCUT2D eigenvalue weighted by Gasteiger charge is -2.09. The van der Waals surface area contributed by atoms with Crippen LogP contribution in [0.1, 0.15) is 11.1 Å². The first-order valence-electron chi connectivity index (χ1n) is 5.30. The maximum absolute atomic E-state index is 8.85. The van der Waals surface area contributed by atoms with Crippen molar-refractivity contribution in [3.8, 4) is 12.1 Å². The predicted octanol–water partition coefficient (Wildman–Crippen LogP) is 4.48. The van der Waals surface area contributed by atoms with Gasteiger partial charge in [-0.1, -0.05) is 23.2 Å². The Balaban J connectivity index is 2.34. The number of hydrogen-bond donors (Lipinski definition) is 1. The highest BCUT2D eigenvalue weighted by molar-refractivity contribution is 6.33. The van der Waals surface area contributed by atoms with Crippen molar-refractivity contribution < 1.29 is 0 Å². The summed E-state index contributed by atoms with van der Waals surface area (Å²) in [6.45, 7) is 0. The van der Waals surface area contributed by atoms with E-state index in [4.69, 9.17) is 33.7 Å². The molecule has 0 fully saturated rings. The van der Waals surface area contributed by atoms with Crippen LogP contribution in [0.3, 0.4) is 0 Å². The smallest absolute Gasteiger partial charge is 0.101 e. The van der Waals surface area contributed by atoms with Crippen LogP contribution in [0.2, 0.25) is 10.0 Å². The fourth-order valence-corrected chi connectivity index (χ4v) is 1.92. The highest BCUT2D eigenvalue weighted by Gasteiger charge is 2.05. The Morgan fingerprint density at radius 3 is 2.32 bits per heavy atom. The normalized spacial score (nSPS) is 9.47. The van der Waals surface area contributed by atoms with E-state index in [1.807, 2.05) is 12.1 Å². The molecule has 2 aromatic carbocycles. The average Bonchev–Trinajstić information content (AvgIpc) is 2.41. The highest BCUT2D eigenvalue weighted by atomic mass is 35.5. The molecule has 0 bridgehead atoms. The zero-order valence-electron chi connectivity index (χ0n) is 9.61. The van der Waals surface area contributed by atoms with Crippen molar-refractivity contribution in [1.82, 2.24) is 0 Å². The van der Waals surface area contributed by atoms with Gasteiger partial charge in [-0.05, 0) is 36.4 Å². The van der Waals surface area contributed by atoms with Crippen molar-refractivity contribution >= 4 is 34.6 Å². The lowest BCUT2D eigenvalue weighted by Crippen LogP contribution is -1.92. The Hall–Kier alpha value is -2.20. The molecule has 0 aliphatic heterocycles. The zero-order valence-corrected chi connectivity index (χ0v) is 11.1. The fraction of sp³-hybridized carbons (Fsp3) is 0. The van der Waals surface area contributed by atoms with Gasteiger partial charge in [0.15, 0.2) is 0 Å². The van der Waals surface area contributed by atoms with E-state index in [1.165, 1.54) is 0 Å². The van der Waals surface area contributed by atoms with Gasteiger partial charge in [0.25, 0.3) is 0 Å².